The highest BCUT2D eigenvalue weighted by molar-refractivity contribution is 7.80. The average Bonchev–Trinajstić information content (AvgIpc) is 3.29. The van der Waals surface area contributed by atoms with Gasteiger partial charge in [-0.3, -0.25) is 0 Å². The van der Waals surface area contributed by atoms with Gasteiger partial charge in [-0.25, -0.2) is 4.98 Å². The molecule has 0 aromatic heterocycles. The first-order valence-electron chi connectivity index (χ1n) is 13.0. The van der Waals surface area contributed by atoms with Crippen LogP contribution in [0.5, 0.6) is 11.5 Å². The molecule has 0 saturated carbocycles. The van der Waals surface area contributed by atoms with Crippen molar-refractivity contribution in [3.8, 4) is 33.9 Å². The fourth-order valence-corrected chi connectivity index (χ4v) is 4.96. The highest BCUT2D eigenvalue weighted by atomic mass is 32.1. The standard InChI is InChI=1S/C32H38N2O3S/c1-18(2)22-13-19(3)31(20(4)14-22)37-29-10-9-23(32(6,7)36)15-24(29)26-17-34(8)21(5)30-25(26)16-27(33-30)28(35)11-12-38/h9-10,13-18,35-36,38H,5,11-12H2,1-4,6-8H3/b28-27+. The molecule has 0 aliphatic carbocycles. The van der Waals surface area contributed by atoms with Gasteiger partial charge in [-0.2, -0.15) is 12.6 Å². The average molecular weight is 531 g/mol. The predicted octanol–water partition coefficient (Wildman–Crippen LogP) is 6.35. The lowest BCUT2D eigenvalue weighted by molar-refractivity contribution is 0.0786. The molecule has 0 atom stereocenters. The minimum atomic E-state index is -1.04. The molecule has 0 saturated heterocycles. The Morgan fingerprint density at radius 3 is 2.32 bits per heavy atom. The number of aliphatic hydroxyl groups is 2. The molecule has 0 spiro atoms. The molecule has 2 N–H and O–H groups in total. The van der Waals surface area contributed by atoms with Gasteiger partial charge < -0.3 is 19.5 Å². The number of hydrogen-bond donors (Lipinski definition) is 3. The topological polar surface area (TPSA) is 67.5 Å². The van der Waals surface area contributed by atoms with E-state index in [9.17, 15) is 10.2 Å². The zero-order valence-corrected chi connectivity index (χ0v) is 24.3. The lowest BCUT2D eigenvalue weighted by Gasteiger charge is -2.23. The fourth-order valence-electron chi connectivity index (χ4n) is 4.75. The van der Waals surface area contributed by atoms with Gasteiger partial charge in [0.25, 0.3) is 0 Å². The Labute approximate surface area is 230 Å². The molecular formula is C32H38N2O3S. The van der Waals surface area contributed by atoms with Crippen molar-refractivity contribution in [2.75, 3.05) is 5.75 Å². The van der Waals surface area contributed by atoms with Gasteiger partial charge in [-0.15, -0.1) is 0 Å². The van der Waals surface area contributed by atoms with E-state index in [1.165, 1.54) is 5.56 Å². The van der Waals surface area contributed by atoms with Crippen LogP contribution in [0.3, 0.4) is 0 Å². The molecule has 200 valence electrons. The maximum atomic E-state index is 10.8. The Morgan fingerprint density at radius 1 is 1.08 bits per heavy atom. The Morgan fingerprint density at radius 2 is 1.74 bits per heavy atom. The Balaban J connectivity index is 1.99. The molecule has 2 aromatic carbocycles. The van der Waals surface area contributed by atoms with Gasteiger partial charge in [-0.1, -0.05) is 38.6 Å². The summed E-state index contributed by atoms with van der Waals surface area (Å²) < 4.78 is 8.58. The van der Waals surface area contributed by atoms with Crippen molar-refractivity contribution in [2.24, 2.45) is 7.05 Å². The molecule has 6 heteroatoms. The SMILES string of the molecule is C=c1c2n/c(=C(/O)CCS)cc-2c(-c2cc(C(C)(C)O)ccc2Oc2c(C)cc(C(C)C)cc2C)cn1C. The number of nitrogens with zero attached hydrogens (tertiary/aromatic N) is 2. The summed E-state index contributed by atoms with van der Waals surface area (Å²) in [5.41, 5.74) is 6.40. The van der Waals surface area contributed by atoms with E-state index in [1.807, 2.05) is 42.1 Å². The summed E-state index contributed by atoms with van der Waals surface area (Å²) in [5, 5.41) is 22.7. The number of benzene rings is 2. The van der Waals surface area contributed by atoms with Crippen LogP contribution in [0.15, 0.2) is 42.6 Å². The van der Waals surface area contributed by atoms with E-state index >= 15 is 0 Å². The molecule has 0 fully saturated rings. The number of hydrogen-bond acceptors (Lipinski definition) is 5. The summed E-state index contributed by atoms with van der Waals surface area (Å²) in [6.45, 7) is 16.3. The second kappa shape index (κ2) is 10.5. The first kappa shape index (κ1) is 27.8. The Hall–Kier alpha value is -3.22. The van der Waals surface area contributed by atoms with Crippen LogP contribution < -0.4 is 15.4 Å². The number of thiol groups is 1. The Kier molecular flexibility index (Phi) is 7.69. The lowest BCUT2D eigenvalue weighted by atomic mass is 9.91. The molecule has 0 amide bonds. The highest BCUT2D eigenvalue weighted by Crippen LogP contribution is 2.42. The largest absolute Gasteiger partial charge is 0.510 e. The third-order valence-corrected chi connectivity index (χ3v) is 7.29. The van der Waals surface area contributed by atoms with Crippen LogP contribution in [0.2, 0.25) is 0 Å². The number of aliphatic hydroxyl groups excluding tert-OH is 1. The number of pyridine rings is 1. The van der Waals surface area contributed by atoms with Crippen molar-refractivity contribution in [1.82, 2.24) is 9.55 Å². The molecule has 2 aromatic rings. The van der Waals surface area contributed by atoms with Crippen molar-refractivity contribution < 1.29 is 14.9 Å². The first-order chi connectivity index (χ1) is 17.8. The van der Waals surface area contributed by atoms with Gasteiger partial charge in [0, 0.05) is 36.4 Å². The molecule has 0 radical (unpaired) electrons. The van der Waals surface area contributed by atoms with Crippen LogP contribution in [-0.2, 0) is 12.6 Å². The van der Waals surface area contributed by atoms with Crippen LogP contribution in [0.4, 0.5) is 0 Å². The lowest BCUT2D eigenvalue weighted by Crippen LogP contribution is -2.20. The van der Waals surface area contributed by atoms with Crippen LogP contribution in [0.1, 0.15) is 62.3 Å². The summed E-state index contributed by atoms with van der Waals surface area (Å²) in [7, 11) is 1.93. The zero-order valence-electron chi connectivity index (χ0n) is 23.4. The van der Waals surface area contributed by atoms with Crippen molar-refractivity contribution >= 4 is 25.0 Å². The molecule has 2 aliphatic heterocycles. The Bertz CT molecular complexity index is 1550. The summed E-state index contributed by atoms with van der Waals surface area (Å²) in [6.07, 6.45) is 2.43. The quantitative estimate of drug-likeness (QED) is 0.244. The van der Waals surface area contributed by atoms with Crippen molar-refractivity contribution in [1.29, 1.82) is 0 Å². The summed E-state index contributed by atoms with van der Waals surface area (Å²) in [6, 6.07) is 12.1. The van der Waals surface area contributed by atoms with E-state index in [-0.39, 0.29) is 5.76 Å². The minimum Gasteiger partial charge on any atom is -0.510 e. The van der Waals surface area contributed by atoms with Crippen molar-refractivity contribution in [3.63, 3.8) is 0 Å². The van der Waals surface area contributed by atoms with E-state index in [0.29, 0.717) is 34.9 Å². The van der Waals surface area contributed by atoms with Crippen LogP contribution in [0, 0.1) is 13.8 Å². The van der Waals surface area contributed by atoms with Gasteiger partial charge in [0.05, 0.1) is 16.6 Å². The van der Waals surface area contributed by atoms with Crippen molar-refractivity contribution in [3.05, 3.63) is 75.5 Å². The van der Waals surface area contributed by atoms with E-state index in [0.717, 1.165) is 44.5 Å². The van der Waals surface area contributed by atoms with Gasteiger partial charge in [-0.05, 0) is 79.8 Å². The maximum absolute atomic E-state index is 10.8. The van der Waals surface area contributed by atoms with Gasteiger partial charge >= 0.3 is 0 Å². The van der Waals surface area contributed by atoms with E-state index in [2.05, 4.69) is 59.0 Å². The zero-order chi connectivity index (χ0) is 27.9. The van der Waals surface area contributed by atoms with E-state index in [1.54, 1.807) is 13.8 Å². The second-order valence-electron chi connectivity index (χ2n) is 10.9. The van der Waals surface area contributed by atoms with Crippen molar-refractivity contribution in [2.45, 2.75) is 59.5 Å². The first-order valence-corrected chi connectivity index (χ1v) is 13.6. The normalized spacial score (nSPS) is 12.9. The second-order valence-corrected chi connectivity index (χ2v) is 11.4. The number of aryl methyl sites for hydroxylation is 3. The van der Waals surface area contributed by atoms with Gasteiger partial charge in [0.15, 0.2) is 0 Å². The molecule has 4 rings (SSSR count). The highest BCUT2D eigenvalue weighted by Gasteiger charge is 2.24. The van der Waals surface area contributed by atoms with Crippen LogP contribution in [0.25, 0.3) is 34.7 Å². The predicted molar refractivity (Wildman–Crippen MR) is 160 cm³/mol. The molecule has 38 heavy (non-hydrogen) atoms. The third-order valence-electron chi connectivity index (χ3n) is 7.06. The number of ether oxygens (including phenoxy) is 1. The molecule has 5 nitrogen and oxygen atoms in total. The fraction of sp³-hybridized carbons (Fsp3) is 0.344. The summed E-state index contributed by atoms with van der Waals surface area (Å²) in [5.74, 6) is 2.63. The summed E-state index contributed by atoms with van der Waals surface area (Å²) >= 11 is 4.25. The van der Waals surface area contributed by atoms with E-state index in [4.69, 9.17) is 9.72 Å². The smallest absolute Gasteiger partial charge is 0.135 e. The number of rotatable bonds is 7. The molecule has 0 unspecified atom stereocenters. The third kappa shape index (κ3) is 5.33. The molecule has 2 aliphatic rings. The van der Waals surface area contributed by atoms with Gasteiger partial charge in [0.1, 0.15) is 22.6 Å². The summed E-state index contributed by atoms with van der Waals surface area (Å²) in [4.78, 5) is 4.72. The van der Waals surface area contributed by atoms with Gasteiger partial charge in [0.2, 0.25) is 0 Å². The van der Waals surface area contributed by atoms with E-state index < -0.39 is 5.60 Å². The number of fused-ring (bicyclic) bond motifs is 1. The molecule has 2 heterocycles. The monoisotopic (exact) mass is 530 g/mol. The minimum absolute atomic E-state index is 0.197. The number of aromatic nitrogens is 2. The molecular weight excluding hydrogens is 492 g/mol. The van der Waals surface area contributed by atoms with Crippen LogP contribution in [-0.4, -0.2) is 25.5 Å². The van der Waals surface area contributed by atoms with Crippen LogP contribution >= 0.6 is 12.6 Å². The molecule has 0 bridgehead atoms. The maximum Gasteiger partial charge on any atom is 0.135 e.